The molecule has 0 bridgehead atoms. The van der Waals surface area contributed by atoms with Gasteiger partial charge >= 0.3 is 0 Å². The third-order valence-corrected chi connectivity index (χ3v) is 3.95. The Morgan fingerprint density at radius 1 is 1.21 bits per heavy atom. The van der Waals surface area contributed by atoms with Gasteiger partial charge < -0.3 is 24.6 Å². The Kier molecular flexibility index (Phi) is 15.1. The average Bonchev–Trinajstić information content (AvgIpc) is 2.55. The van der Waals surface area contributed by atoms with Gasteiger partial charge in [-0.2, -0.15) is 0 Å². The van der Waals surface area contributed by atoms with Crippen molar-refractivity contribution in [3.63, 3.8) is 0 Å². The average molecular weight is 456 g/mol. The van der Waals surface area contributed by atoms with Gasteiger partial charge in [0.25, 0.3) is 0 Å². The van der Waals surface area contributed by atoms with Crippen molar-refractivity contribution in [3.8, 4) is 0 Å². The zero-order valence-electron chi connectivity index (χ0n) is 15.9. The molecule has 0 aromatic heterocycles. The van der Waals surface area contributed by atoms with Crippen LogP contribution in [0.15, 0.2) is 4.99 Å². The van der Waals surface area contributed by atoms with Crippen molar-refractivity contribution in [2.24, 2.45) is 4.99 Å². The van der Waals surface area contributed by atoms with E-state index < -0.39 is 0 Å². The minimum Gasteiger partial charge on any atom is -0.385 e. The van der Waals surface area contributed by atoms with Crippen LogP contribution in [0.2, 0.25) is 0 Å². The third kappa shape index (κ3) is 10.7. The van der Waals surface area contributed by atoms with E-state index in [0.29, 0.717) is 6.10 Å². The molecule has 7 heteroatoms. The molecule has 24 heavy (non-hydrogen) atoms. The van der Waals surface area contributed by atoms with Gasteiger partial charge in [-0.15, -0.1) is 24.0 Å². The van der Waals surface area contributed by atoms with Crippen LogP contribution in [0.5, 0.6) is 0 Å². The summed E-state index contributed by atoms with van der Waals surface area (Å²) in [4.78, 5) is 9.34. The molecule has 1 rings (SSSR count). The second kappa shape index (κ2) is 15.2. The molecule has 0 atom stereocenters. The quantitative estimate of drug-likeness (QED) is 0.236. The van der Waals surface area contributed by atoms with E-state index in [1.165, 1.54) is 0 Å². The Hall–Kier alpha value is -0.120. The fraction of sp³-hybridized carbons (Fsp3) is 0.941. The van der Waals surface area contributed by atoms with Gasteiger partial charge in [0.1, 0.15) is 0 Å². The molecule has 0 spiro atoms. The number of guanidine groups is 1. The highest BCUT2D eigenvalue weighted by Crippen LogP contribution is 2.14. The lowest BCUT2D eigenvalue weighted by Crippen LogP contribution is -2.47. The summed E-state index contributed by atoms with van der Waals surface area (Å²) in [6.07, 6.45) is 4.62. The van der Waals surface area contributed by atoms with Gasteiger partial charge in [0.2, 0.25) is 0 Å². The molecule has 1 N–H and O–H groups in total. The molecule has 0 unspecified atom stereocenters. The van der Waals surface area contributed by atoms with Crippen molar-refractivity contribution in [2.75, 3.05) is 67.1 Å². The molecule has 1 saturated heterocycles. The fourth-order valence-electron chi connectivity index (χ4n) is 2.69. The molecule has 0 radical (unpaired) electrons. The smallest absolute Gasteiger partial charge is 0.193 e. The summed E-state index contributed by atoms with van der Waals surface area (Å²) in [6, 6.07) is 0. The first-order chi connectivity index (χ1) is 11.2. The van der Waals surface area contributed by atoms with Crippen molar-refractivity contribution in [2.45, 2.75) is 38.7 Å². The Morgan fingerprint density at radius 2 is 1.92 bits per heavy atom. The molecule has 0 aromatic carbocycles. The topological polar surface area (TPSA) is 49.3 Å². The van der Waals surface area contributed by atoms with Crippen LogP contribution in [0, 0.1) is 0 Å². The summed E-state index contributed by atoms with van der Waals surface area (Å²) >= 11 is 0. The highest BCUT2D eigenvalue weighted by molar-refractivity contribution is 14.0. The predicted octanol–water partition coefficient (Wildman–Crippen LogP) is 2.04. The number of piperidine rings is 1. The van der Waals surface area contributed by atoms with Crippen molar-refractivity contribution in [3.05, 3.63) is 0 Å². The number of halogens is 1. The number of nitrogens with one attached hydrogen (secondary N) is 1. The van der Waals surface area contributed by atoms with E-state index in [4.69, 9.17) is 14.5 Å². The molecule has 1 aliphatic rings. The summed E-state index contributed by atoms with van der Waals surface area (Å²) in [7, 11) is 5.94. The molecule has 0 saturated carbocycles. The number of rotatable bonds is 10. The molecular formula is C17H37IN4O2. The van der Waals surface area contributed by atoms with Gasteiger partial charge in [-0.3, -0.25) is 4.99 Å². The van der Waals surface area contributed by atoms with Crippen molar-refractivity contribution >= 4 is 29.9 Å². The lowest BCUT2D eigenvalue weighted by Gasteiger charge is -2.34. The zero-order valence-corrected chi connectivity index (χ0v) is 18.3. The van der Waals surface area contributed by atoms with E-state index in [1.54, 1.807) is 7.11 Å². The number of ether oxygens (including phenoxy) is 2. The van der Waals surface area contributed by atoms with Gasteiger partial charge in [0.05, 0.1) is 6.10 Å². The van der Waals surface area contributed by atoms with Gasteiger partial charge in [0, 0.05) is 46.5 Å². The molecule has 6 nitrogen and oxygen atoms in total. The number of hydrogen-bond donors (Lipinski definition) is 1. The minimum atomic E-state index is 0. The second-order valence-corrected chi connectivity index (χ2v) is 6.30. The summed E-state index contributed by atoms with van der Waals surface area (Å²) in [5.74, 6) is 1.06. The number of hydrogen-bond acceptors (Lipinski definition) is 4. The van der Waals surface area contributed by atoms with E-state index in [0.717, 1.165) is 77.6 Å². The van der Waals surface area contributed by atoms with E-state index >= 15 is 0 Å². The molecular weight excluding hydrogens is 419 g/mol. The van der Waals surface area contributed by atoms with E-state index in [2.05, 4.69) is 36.1 Å². The number of likely N-dealkylation sites (tertiary alicyclic amines) is 1. The van der Waals surface area contributed by atoms with Crippen LogP contribution in [0.3, 0.4) is 0 Å². The largest absolute Gasteiger partial charge is 0.385 e. The molecule has 1 heterocycles. The van der Waals surface area contributed by atoms with Gasteiger partial charge in [-0.25, -0.2) is 0 Å². The van der Waals surface area contributed by atoms with Crippen LogP contribution in [0.1, 0.15) is 32.6 Å². The SMILES string of the molecule is CCNC(=NCCCN(C)C)N1CCC(OCCCOC)CC1.I. The summed E-state index contributed by atoms with van der Waals surface area (Å²) in [5.41, 5.74) is 0. The predicted molar refractivity (Wildman–Crippen MR) is 112 cm³/mol. The van der Waals surface area contributed by atoms with Crippen molar-refractivity contribution in [1.29, 1.82) is 0 Å². The molecule has 1 fully saturated rings. The lowest BCUT2D eigenvalue weighted by molar-refractivity contribution is 0.00990. The molecule has 0 aromatic rings. The second-order valence-electron chi connectivity index (χ2n) is 6.30. The highest BCUT2D eigenvalue weighted by atomic mass is 127. The Morgan fingerprint density at radius 3 is 2.50 bits per heavy atom. The van der Waals surface area contributed by atoms with Crippen LogP contribution >= 0.6 is 24.0 Å². The van der Waals surface area contributed by atoms with Gasteiger partial charge in [0.15, 0.2) is 5.96 Å². The first-order valence-corrected chi connectivity index (χ1v) is 8.96. The monoisotopic (exact) mass is 456 g/mol. The summed E-state index contributed by atoms with van der Waals surface area (Å²) in [5, 5.41) is 3.42. The highest BCUT2D eigenvalue weighted by Gasteiger charge is 2.21. The van der Waals surface area contributed by atoms with E-state index in [-0.39, 0.29) is 24.0 Å². The van der Waals surface area contributed by atoms with Crippen molar-refractivity contribution in [1.82, 2.24) is 15.1 Å². The van der Waals surface area contributed by atoms with Gasteiger partial charge in [-0.05, 0) is 53.2 Å². The number of nitrogens with zero attached hydrogens (tertiary/aromatic N) is 3. The zero-order chi connectivity index (χ0) is 16.9. The van der Waals surface area contributed by atoms with Crippen LogP contribution in [0.25, 0.3) is 0 Å². The number of methoxy groups -OCH3 is 1. The van der Waals surface area contributed by atoms with Crippen molar-refractivity contribution < 1.29 is 9.47 Å². The maximum absolute atomic E-state index is 5.93. The Bertz CT molecular complexity index is 322. The normalized spacial score (nSPS) is 16.4. The third-order valence-electron chi connectivity index (χ3n) is 3.95. The van der Waals surface area contributed by atoms with Crippen LogP contribution in [-0.4, -0.2) is 89.0 Å². The first-order valence-electron chi connectivity index (χ1n) is 8.96. The molecule has 1 aliphatic heterocycles. The Balaban J connectivity index is 0.00000529. The summed E-state index contributed by atoms with van der Waals surface area (Å²) in [6.45, 7) is 8.64. The van der Waals surface area contributed by atoms with E-state index in [9.17, 15) is 0 Å². The lowest BCUT2D eigenvalue weighted by atomic mass is 10.1. The van der Waals surface area contributed by atoms with Crippen LogP contribution in [0.4, 0.5) is 0 Å². The maximum atomic E-state index is 5.93. The summed E-state index contributed by atoms with van der Waals surface area (Å²) < 4.78 is 11.0. The fourth-order valence-corrected chi connectivity index (χ4v) is 2.69. The maximum Gasteiger partial charge on any atom is 0.193 e. The van der Waals surface area contributed by atoms with Gasteiger partial charge in [-0.1, -0.05) is 0 Å². The van der Waals surface area contributed by atoms with Crippen LogP contribution in [-0.2, 0) is 9.47 Å². The van der Waals surface area contributed by atoms with Crippen LogP contribution < -0.4 is 5.32 Å². The molecule has 0 amide bonds. The molecule has 0 aliphatic carbocycles. The molecule has 144 valence electrons. The first kappa shape index (κ1) is 23.9. The standard InChI is InChI=1S/C17H36N4O2.HI/c1-5-18-17(19-10-6-11-20(2)3)21-12-8-16(9-13-21)23-15-7-14-22-4;/h16H,5-15H2,1-4H3,(H,18,19);1H. The Labute approximate surface area is 165 Å². The van der Waals surface area contributed by atoms with E-state index in [1.807, 2.05) is 0 Å². The number of aliphatic imine (C=N–C) groups is 1. The minimum absolute atomic E-state index is 0.